The standard InChI is InChI=1S/C24H32N2O4/c1-28-21-16-19(17-22(29-2)23(21)30-3)24(27)25-13-12-18-8-10-20(11-9-18)26-14-6-4-5-7-15-26/h8-11,16-17H,4-7,12-15H2,1-3H3,(H,25,27). The number of amides is 1. The average molecular weight is 413 g/mol. The molecule has 2 aromatic rings. The highest BCUT2D eigenvalue weighted by molar-refractivity contribution is 5.95. The molecule has 0 spiro atoms. The Morgan fingerprint density at radius 2 is 1.50 bits per heavy atom. The molecule has 3 rings (SSSR count). The second-order valence-electron chi connectivity index (χ2n) is 7.49. The first kappa shape index (κ1) is 21.8. The number of ether oxygens (including phenoxy) is 3. The Morgan fingerprint density at radius 1 is 0.900 bits per heavy atom. The molecule has 1 heterocycles. The van der Waals surface area contributed by atoms with E-state index in [0.717, 1.165) is 19.5 Å². The van der Waals surface area contributed by atoms with Gasteiger partial charge in [-0.05, 0) is 49.1 Å². The summed E-state index contributed by atoms with van der Waals surface area (Å²) >= 11 is 0. The maximum atomic E-state index is 12.6. The van der Waals surface area contributed by atoms with Crippen LogP contribution in [0.4, 0.5) is 5.69 Å². The molecule has 0 unspecified atom stereocenters. The number of nitrogens with zero attached hydrogens (tertiary/aromatic N) is 1. The van der Waals surface area contributed by atoms with Crippen LogP contribution in [-0.4, -0.2) is 46.9 Å². The minimum absolute atomic E-state index is 0.171. The second kappa shape index (κ2) is 10.8. The van der Waals surface area contributed by atoms with Crippen molar-refractivity contribution in [3.05, 3.63) is 47.5 Å². The van der Waals surface area contributed by atoms with Crippen molar-refractivity contribution in [3.8, 4) is 17.2 Å². The number of hydrogen-bond acceptors (Lipinski definition) is 5. The van der Waals surface area contributed by atoms with Crippen LogP contribution in [0.5, 0.6) is 17.2 Å². The number of carbonyl (C=O) groups is 1. The maximum Gasteiger partial charge on any atom is 0.251 e. The lowest BCUT2D eigenvalue weighted by Crippen LogP contribution is -2.26. The number of nitrogens with one attached hydrogen (secondary N) is 1. The van der Waals surface area contributed by atoms with Crippen molar-refractivity contribution in [1.29, 1.82) is 0 Å². The van der Waals surface area contributed by atoms with Crippen LogP contribution >= 0.6 is 0 Å². The van der Waals surface area contributed by atoms with Crippen LogP contribution < -0.4 is 24.4 Å². The zero-order valence-electron chi connectivity index (χ0n) is 18.2. The van der Waals surface area contributed by atoms with E-state index in [1.165, 1.54) is 58.3 Å². The van der Waals surface area contributed by atoms with E-state index in [-0.39, 0.29) is 5.91 Å². The molecule has 1 aliphatic rings. The molecule has 1 amide bonds. The Kier molecular flexibility index (Phi) is 7.82. The molecule has 1 fully saturated rings. The molecule has 30 heavy (non-hydrogen) atoms. The smallest absolute Gasteiger partial charge is 0.251 e. The third kappa shape index (κ3) is 5.38. The fourth-order valence-corrected chi connectivity index (χ4v) is 3.84. The van der Waals surface area contributed by atoms with Gasteiger partial charge in [0.25, 0.3) is 5.91 Å². The van der Waals surface area contributed by atoms with Crippen LogP contribution in [-0.2, 0) is 6.42 Å². The molecule has 6 heteroatoms. The molecule has 1 saturated heterocycles. The Morgan fingerprint density at radius 3 is 2.03 bits per heavy atom. The van der Waals surface area contributed by atoms with E-state index in [2.05, 4.69) is 34.5 Å². The van der Waals surface area contributed by atoms with E-state index in [1.807, 2.05) is 0 Å². The first-order valence-electron chi connectivity index (χ1n) is 10.6. The molecule has 1 aliphatic heterocycles. The lowest BCUT2D eigenvalue weighted by Gasteiger charge is -2.22. The highest BCUT2D eigenvalue weighted by Crippen LogP contribution is 2.38. The third-order valence-electron chi connectivity index (χ3n) is 5.53. The van der Waals surface area contributed by atoms with Crippen molar-refractivity contribution >= 4 is 11.6 Å². The largest absolute Gasteiger partial charge is 0.493 e. The fourth-order valence-electron chi connectivity index (χ4n) is 3.84. The molecule has 0 bridgehead atoms. The van der Waals surface area contributed by atoms with Gasteiger partial charge in [0.1, 0.15) is 0 Å². The average Bonchev–Trinajstić information content (AvgIpc) is 3.08. The molecule has 0 atom stereocenters. The van der Waals surface area contributed by atoms with Crippen LogP contribution in [0.15, 0.2) is 36.4 Å². The van der Waals surface area contributed by atoms with Crippen molar-refractivity contribution in [2.75, 3.05) is 45.9 Å². The quantitative estimate of drug-likeness (QED) is 0.708. The molecule has 6 nitrogen and oxygen atoms in total. The number of methoxy groups -OCH3 is 3. The van der Waals surface area contributed by atoms with E-state index < -0.39 is 0 Å². The topological polar surface area (TPSA) is 60.0 Å². The van der Waals surface area contributed by atoms with Gasteiger partial charge in [-0.3, -0.25) is 4.79 Å². The summed E-state index contributed by atoms with van der Waals surface area (Å²) in [6, 6.07) is 12.0. The van der Waals surface area contributed by atoms with Gasteiger partial charge in [0.15, 0.2) is 11.5 Å². The van der Waals surface area contributed by atoms with Crippen molar-refractivity contribution in [2.45, 2.75) is 32.1 Å². The number of hydrogen-bond donors (Lipinski definition) is 1. The minimum atomic E-state index is -0.171. The summed E-state index contributed by atoms with van der Waals surface area (Å²) in [5.41, 5.74) is 2.97. The Hall–Kier alpha value is -2.89. The van der Waals surface area contributed by atoms with Crippen molar-refractivity contribution in [2.24, 2.45) is 0 Å². The molecule has 0 saturated carbocycles. The van der Waals surface area contributed by atoms with E-state index >= 15 is 0 Å². The molecule has 0 aliphatic carbocycles. The fraction of sp³-hybridized carbons (Fsp3) is 0.458. The molecule has 2 aromatic carbocycles. The summed E-state index contributed by atoms with van der Waals surface area (Å²) in [5.74, 6) is 1.23. The summed E-state index contributed by atoms with van der Waals surface area (Å²) in [7, 11) is 4.61. The van der Waals surface area contributed by atoms with Crippen molar-refractivity contribution in [1.82, 2.24) is 5.32 Å². The van der Waals surface area contributed by atoms with Crippen molar-refractivity contribution < 1.29 is 19.0 Å². The van der Waals surface area contributed by atoms with Gasteiger partial charge in [-0.25, -0.2) is 0 Å². The zero-order chi connectivity index (χ0) is 21.3. The van der Waals surface area contributed by atoms with Gasteiger partial charge in [0, 0.05) is 30.9 Å². The van der Waals surface area contributed by atoms with Crippen LogP contribution in [0.2, 0.25) is 0 Å². The van der Waals surface area contributed by atoms with Crippen LogP contribution in [0.3, 0.4) is 0 Å². The highest BCUT2D eigenvalue weighted by Gasteiger charge is 2.17. The first-order valence-corrected chi connectivity index (χ1v) is 10.6. The second-order valence-corrected chi connectivity index (χ2v) is 7.49. The van der Waals surface area contributed by atoms with E-state index in [9.17, 15) is 4.79 Å². The monoisotopic (exact) mass is 412 g/mol. The predicted molar refractivity (Wildman–Crippen MR) is 119 cm³/mol. The number of benzene rings is 2. The van der Waals surface area contributed by atoms with Crippen LogP contribution in [0, 0.1) is 0 Å². The number of carbonyl (C=O) groups excluding carboxylic acids is 1. The van der Waals surface area contributed by atoms with E-state index in [4.69, 9.17) is 14.2 Å². The summed E-state index contributed by atoms with van der Waals surface area (Å²) in [4.78, 5) is 15.1. The molecule has 0 radical (unpaired) electrons. The first-order chi connectivity index (χ1) is 14.7. The molecular weight excluding hydrogens is 380 g/mol. The van der Waals surface area contributed by atoms with Crippen molar-refractivity contribution in [3.63, 3.8) is 0 Å². The summed E-state index contributed by atoms with van der Waals surface area (Å²) in [6.07, 6.45) is 5.99. The van der Waals surface area contributed by atoms with E-state index in [1.54, 1.807) is 12.1 Å². The van der Waals surface area contributed by atoms with Gasteiger partial charge in [-0.2, -0.15) is 0 Å². The molecule has 0 aromatic heterocycles. The third-order valence-corrected chi connectivity index (χ3v) is 5.53. The van der Waals surface area contributed by atoms with Gasteiger partial charge >= 0.3 is 0 Å². The molecule has 162 valence electrons. The predicted octanol–water partition coefficient (Wildman–Crippen LogP) is 4.07. The minimum Gasteiger partial charge on any atom is -0.493 e. The van der Waals surface area contributed by atoms with Crippen LogP contribution in [0.1, 0.15) is 41.6 Å². The summed E-state index contributed by atoms with van der Waals surface area (Å²) < 4.78 is 16.0. The van der Waals surface area contributed by atoms with Gasteiger partial charge in [-0.15, -0.1) is 0 Å². The number of anilines is 1. The van der Waals surface area contributed by atoms with Gasteiger partial charge in [-0.1, -0.05) is 25.0 Å². The zero-order valence-corrected chi connectivity index (χ0v) is 18.2. The molecule has 1 N–H and O–H groups in total. The Balaban J connectivity index is 1.56. The summed E-state index contributed by atoms with van der Waals surface area (Å²) in [5, 5.41) is 2.97. The number of rotatable bonds is 8. The lowest BCUT2D eigenvalue weighted by atomic mass is 10.1. The highest BCUT2D eigenvalue weighted by atomic mass is 16.5. The Labute approximate surface area is 179 Å². The SMILES string of the molecule is COc1cc(C(=O)NCCc2ccc(N3CCCCCC3)cc2)cc(OC)c1OC. The van der Waals surface area contributed by atoms with Crippen LogP contribution in [0.25, 0.3) is 0 Å². The van der Waals surface area contributed by atoms with Gasteiger partial charge in [0.05, 0.1) is 21.3 Å². The normalized spacial score (nSPS) is 14.0. The lowest BCUT2D eigenvalue weighted by molar-refractivity contribution is 0.0953. The Bertz CT molecular complexity index is 803. The van der Waals surface area contributed by atoms with Gasteiger partial charge < -0.3 is 24.4 Å². The molecular formula is C24H32N2O4. The maximum absolute atomic E-state index is 12.6. The summed E-state index contributed by atoms with van der Waals surface area (Å²) in [6.45, 7) is 2.84. The van der Waals surface area contributed by atoms with Gasteiger partial charge in [0.2, 0.25) is 5.75 Å². The van der Waals surface area contributed by atoms with E-state index in [0.29, 0.717) is 29.4 Å².